The Balaban J connectivity index is 1.57. The first-order chi connectivity index (χ1) is 13.0. The maximum atomic E-state index is 12.4. The molecule has 0 aliphatic rings. The molecule has 27 heavy (non-hydrogen) atoms. The van der Waals surface area contributed by atoms with Crippen LogP contribution in [0.5, 0.6) is 5.75 Å². The Kier molecular flexibility index (Phi) is 5.73. The van der Waals surface area contributed by atoms with E-state index in [1.165, 1.54) is 24.3 Å². The van der Waals surface area contributed by atoms with Gasteiger partial charge in [-0.05, 0) is 48.5 Å². The van der Waals surface area contributed by atoms with Crippen LogP contribution < -0.4 is 14.8 Å². The molecule has 0 unspecified atom stereocenters. The van der Waals surface area contributed by atoms with E-state index >= 15 is 0 Å². The van der Waals surface area contributed by atoms with Crippen LogP contribution in [0.2, 0.25) is 0 Å². The number of hydrogen-bond acceptors (Lipinski definition) is 4. The summed E-state index contributed by atoms with van der Waals surface area (Å²) in [7, 11) is -3.69. The number of rotatable bonds is 7. The van der Waals surface area contributed by atoms with Crippen molar-refractivity contribution in [1.82, 2.24) is 0 Å². The Morgan fingerprint density at radius 1 is 0.778 bits per heavy atom. The second-order valence-electron chi connectivity index (χ2n) is 5.65. The van der Waals surface area contributed by atoms with Crippen molar-refractivity contribution < 1.29 is 17.9 Å². The normalized spacial score (nSPS) is 10.8. The fraction of sp³-hybridized carbons (Fsp3) is 0.0500. The highest BCUT2D eigenvalue weighted by atomic mass is 32.2. The highest BCUT2D eigenvalue weighted by Gasteiger charge is 2.14. The lowest BCUT2D eigenvalue weighted by molar-refractivity contribution is -0.118. The Morgan fingerprint density at radius 2 is 1.33 bits per heavy atom. The van der Waals surface area contributed by atoms with Gasteiger partial charge in [-0.25, -0.2) is 8.42 Å². The molecular formula is C20H18N2O4S. The largest absolute Gasteiger partial charge is 0.484 e. The first kappa shape index (κ1) is 18.5. The van der Waals surface area contributed by atoms with Crippen molar-refractivity contribution in [2.45, 2.75) is 4.90 Å². The van der Waals surface area contributed by atoms with Crippen LogP contribution in [0.1, 0.15) is 0 Å². The van der Waals surface area contributed by atoms with Crippen molar-refractivity contribution in [3.63, 3.8) is 0 Å². The van der Waals surface area contributed by atoms with E-state index in [2.05, 4.69) is 10.0 Å². The molecule has 3 aromatic carbocycles. The summed E-state index contributed by atoms with van der Waals surface area (Å²) in [6, 6.07) is 23.5. The molecule has 0 spiro atoms. The van der Waals surface area contributed by atoms with Crippen LogP contribution in [0.3, 0.4) is 0 Å². The Labute approximate surface area is 157 Å². The van der Waals surface area contributed by atoms with Gasteiger partial charge < -0.3 is 10.1 Å². The lowest BCUT2D eigenvalue weighted by atomic mass is 10.3. The number of hydrogen-bond donors (Lipinski definition) is 2. The second-order valence-corrected chi connectivity index (χ2v) is 7.33. The molecule has 6 nitrogen and oxygen atoms in total. The van der Waals surface area contributed by atoms with Crippen LogP contribution in [0.4, 0.5) is 11.4 Å². The summed E-state index contributed by atoms with van der Waals surface area (Å²) in [4.78, 5) is 12.0. The molecule has 1 amide bonds. The van der Waals surface area contributed by atoms with Gasteiger partial charge in [-0.3, -0.25) is 9.52 Å². The molecular weight excluding hydrogens is 364 g/mol. The SMILES string of the molecule is O=C(COc1ccc(S(=O)(=O)Nc2ccccc2)cc1)Nc1ccccc1. The third-order valence-corrected chi connectivity index (χ3v) is 4.98. The van der Waals surface area contributed by atoms with Gasteiger partial charge in [-0.15, -0.1) is 0 Å². The number of carbonyl (C=O) groups is 1. The van der Waals surface area contributed by atoms with E-state index in [1.807, 2.05) is 18.2 Å². The lowest BCUT2D eigenvalue weighted by Crippen LogP contribution is -2.20. The van der Waals surface area contributed by atoms with E-state index in [0.717, 1.165) is 0 Å². The van der Waals surface area contributed by atoms with Crippen molar-refractivity contribution in [2.24, 2.45) is 0 Å². The van der Waals surface area contributed by atoms with E-state index in [4.69, 9.17) is 4.74 Å². The zero-order chi connectivity index (χ0) is 19.1. The van der Waals surface area contributed by atoms with E-state index in [9.17, 15) is 13.2 Å². The zero-order valence-corrected chi connectivity index (χ0v) is 15.1. The van der Waals surface area contributed by atoms with Crippen LogP contribution in [0, 0.1) is 0 Å². The van der Waals surface area contributed by atoms with Crippen molar-refractivity contribution in [3.8, 4) is 5.75 Å². The monoisotopic (exact) mass is 382 g/mol. The van der Waals surface area contributed by atoms with Gasteiger partial charge in [0.15, 0.2) is 6.61 Å². The van der Waals surface area contributed by atoms with Gasteiger partial charge in [0.1, 0.15) is 5.75 Å². The first-order valence-electron chi connectivity index (χ1n) is 8.18. The van der Waals surface area contributed by atoms with Crippen LogP contribution in [0.25, 0.3) is 0 Å². The van der Waals surface area contributed by atoms with Gasteiger partial charge in [-0.2, -0.15) is 0 Å². The van der Waals surface area contributed by atoms with E-state index in [1.54, 1.807) is 42.5 Å². The minimum Gasteiger partial charge on any atom is -0.484 e. The molecule has 0 heterocycles. The molecule has 3 rings (SSSR count). The molecule has 0 bridgehead atoms. The maximum Gasteiger partial charge on any atom is 0.262 e. The summed E-state index contributed by atoms with van der Waals surface area (Å²) in [6.45, 7) is -0.177. The van der Waals surface area contributed by atoms with Crippen LogP contribution >= 0.6 is 0 Å². The number of ether oxygens (including phenoxy) is 1. The Bertz CT molecular complexity index is 989. The van der Waals surface area contributed by atoms with Crippen molar-refractivity contribution >= 4 is 27.3 Å². The molecule has 0 fully saturated rings. The topological polar surface area (TPSA) is 84.5 Å². The van der Waals surface area contributed by atoms with Crippen molar-refractivity contribution in [2.75, 3.05) is 16.6 Å². The van der Waals surface area contributed by atoms with Gasteiger partial charge in [0.25, 0.3) is 15.9 Å². The minimum absolute atomic E-state index is 0.104. The highest BCUT2D eigenvalue weighted by Crippen LogP contribution is 2.19. The fourth-order valence-corrected chi connectivity index (χ4v) is 3.36. The standard InChI is InChI=1S/C20H18N2O4S/c23-20(21-16-7-3-1-4-8-16)15-26-18-11-13-19(14-12-18)27(24,25)22-17-9-5-2-6-10-17/h1-14,22H,15H2,(H,21,23). The van der Waals surface area contributed by atoms with Gasteiger partial charge in [0, 0.05) is 11.4 Å². The van der Waals surface area contributed by atoms with Gasteiger partial charge in [-0.1, -0.05) is 36.4 Å². The summed E-state index contributed by atoms with van der Waals surface area (Å²) in [5.74, 6) is 0.0977. The third-order valence-electron chi connectivity index (χ3n) is 3.59. The van der Waals surface area contributed by atoms with E-state index < -0.39 is 10.0 Å². The molecule has 0 saturated carbocycles. The smallest absolute Gasteiger partial charge is 0.262 e. The average Bonchev–Trinajstić information content (AvgIpc) is 2.68. The number of sulfonamides is 1. The van der Waals surface area contributed by atoms with Crippen LogP contribution in [-0.2, 0) is 14.8 Å². The van der Waals surface area contributed by atoms with Gasteiger partial charge in [0.05, 0.1) is 4.90 Å². The molecule has 0 radical (unpaired) electrons. The quantitative estimate of drug-likeness (QED) is 0.655. The highest BCUT2D eigenvalue weighted by molar-refractivity contribution is 7.92. The molecule has 3 aromatic rings. The van der Waals surface area contributed by atoms with E-state index in [-0.39, 0.29) is 17.4 Å². The summed E-state index contributed by atoms with van der Waals surface area (Å²) >= 11 is 0. The van der Waals surface area contributed by atoms with Crippen molar-refractivity contribution in [3.05, 3.63) is 84.9 Å². The molecule has 2 N–H and O–H groups in total. The molecule has 0 aromatic heterocycles. The molecule has 0 atom stereocenters. The number of nitrogens with one attached hydrogen (secondary N) is 2. The third kappa shape index (κ3) is 5.32. The maximum absolute atomic E-state index is 12.4. The molecule has 7 heteroatoms. The molecule has 0 aliphatic carbocycles. The molecule has 0 saturated heterocycles. The first-order valence-corrected chi connectivity index (χ1v) is 9.67. The molecule has 0 aliphatic heterocycles. The summed E-state index contributed by atoms with van der Waals surface area (Å²) in [6.07, 6.45) is 0. The average molecular weight is 382 g/mol. The number of carbonyl (C=O) groups excluding carboxylic acids is 1. The van der Waals surface area contributed by atoms with Crippen LogP contribution in [0.15, 0.2) is 89.8 Å². The summed E-state index contributed by atoms with van der Waals surface area (Å²) < 4.78 is 32.6. The number of para-hydroxylation sites is 2. The van der Waals surface area contributed by atoms with Crippen molar-refractivity contribution in [1.29, 1.82) is 0 Å². The fourth-order valence-electron chi connectivity index (χ4n) is 2.30. The Hall–Kier alpha value is -3.32. The second kappa shape index (κ2) is 8.37. The minimum atomic E-state index is -3.69. The van der Waals surface area contributed by atoms with Gasteiger partial charge >= 0.3 is 0 Å². The Morgan fingerprint density at radius 3 is 1.93 bits per heavy atom. The number of benzene rings is 3. The summed E-state index contributed by atoms with van der Waals surface area (Å²) in [5.41, 5.74) is 1.16. The zero-order valence-electron chi connectivity index (χ0n) is 14.3. The molecule has 138 valence electrons. The summed E-state index contributed by atoms with van der Waals surface area (Å²) in [5, 5.41) is 2.71. The predicted octanol–water partition coefficient (Wildman–Crippen LogP) is 3.50. The number of anilines is 2. The number of amides is 1. The lowest BCUT2D eigenvalue weighted by Gasteiger charge is -2.10. The predicted molar refractivity (Wildman–Crippen MR) is 104 cm³/mol. The van der Waals surface area contributed by atoms with Gasteiger partial charge in [0.2, 0.25) is 0 Å². The van der Waals surface area contributed by atoms with E-state index in [0.29, 0.717) is 17.1 Å². The van der Waals surface area contributed by atoms with Crippen LogP contribution in [-0.4, -0.2) is 20.9 Å².